The number of halogens is 1. The number of carbonyl (C=O) groups is 1. The molecule has 7 heteroatoms. The summed E-state index contributed by atoms with van der Waals surface area (Å²) in [6.45, 7) is 3.35. The summed E-state index contributed by atoms with van der Waals surface area (Å²) in [5.41, 5.74) is 3.05. The van der Waals surface area contributed by atoms with Gasteiger partial charge in [-0.25, -0.2) is 4.39 Å². The van der Waals surface area contributed by atoms with E-state index in [2.05, 4.69) is 15.2 Å². The van der Waals surface area contributed by atoms with Gasteiger partial charge in [-0.1, -0.05) is 0 Å². The van der Waals surface area contributed by atoms with E-state index in [1.165, 1.54) is 12.1 Å². The molecule has 1 saturated heterocycles. The Kier molecular flexibility index (Phi) is 3.57. The van der Waals surface area contributed by atoms with Crippen LogP contribution in [0.15, 0.2) is 30.5 Å². The molecule has 24 heavy (non-hydrogen) atoms. The zero-order valence-corrected chi connectivity index (χ0v) is 13.2. The number of morpholine rings is 1. The second-order valence-electron chi connectivity index (χ2n) is 5.97. The Morgan fingerprint density at radius 2 is 2.29 bits per heavy atom. The largest absolute Gasteiger partial charge is 0.377 e. The highest BCUT2D eigenvalue weighted by Gasteiger charge is 2.32. The molecule has 1 aromatic carbocycles. The van der Waals surface area contributed by atoms with Gasteiger partial charge in [-0.3, -0.25) is 9.89 Å². The van der Waals surface area contributed by atoms with Crippen LogP contribution in [0.1, 0.15) is 27.8 Å². The van der Waals surface area contributed by atoms with Gasteiger partial charge in [0.05, 0.1) is 31.1 Å². The standard InChI is InChI=1S/C17H17FN4O2/c1-10-8-19-21-16(10)15-9-24-5-4-22(15)17(23)14-7-11-6-12(18)2-3-13(11)20-14/h2-3,6-8,15,20H,4-5,9H2,1H3,(H,19,21). The molecule has 1 aliphatic rings. The highest BCUT2D eigenvalue weighted by molar-refractivity contribution is 5.98. The maximum absolute atomic E-state index is 13.4. The number of aryl methyl sites for hydroxylation is 1. The third-order valence-corrected chi connectivity index (χ3v) is 4.40. The van der Waals surface area contributed by atoms with E-state index in [0.717, 1.165) is 16.8 Å². The third-order valence-electron chi connectivity index (χ3n) is 4.40. The van der Waals surface area contributed by atoms with Gasteiger partial charge in [0.15, 0.2) is 0 Å². The Morgan fingerprint density at radius 3 is 3.08 bits per heavy atom. The summed E-state index contributed by atoms with van der Waals surface area (Å²) in [4.78, 5) is 17.8. The fourth-order valence-electron chi connectivity index (χ4n) is 3.15. The lowest BCUT2D eigenvalue weighted by molar-refractivity contribution is -0.00433. The van der Waals surface area contributed by atoms with E-state index in [1.54, 1.807) is 23.2 Å². The third kappa shape index (κ3) is 2.46. The maximum atomic E-state index is 13.4. The zero-order chi connectivity index (χ0) is 16.7. The van der Waals surface area contributed by atoms with Gasteiger partial charge in [-0.05, 0) is 36.8 Å². The number of fused-ring (bicyclic) bond motifs is 1. The van der Waals surface area contributed by atoms with Crippen LogP contribution in [0.5, 0.6) is 0 Å². The lowest BCUT2D eigenvalue weighted by Gasteiger charge is -2.35. The molecule has 0 spiro atoms. The minimum Gasteiger partial charge on any atom is -0.377 e. The van der Waals surface area contributed by atoms with Crippen molar-refractivity contribution >= 4 is 16.8 Å². The van der Waals surface area contributed by atoms with Gasteiger partial charge in [0.1, 0.15) is 11.5 Å². The summed E-state index contributed by atoms with van der Waals surface area (Å²) in [5, 5.41) is 7.68. The molecule has 2 N–H and O–H groups in total. The number of carbonyl (C=O) groups excluding carboxylic acids is 1. The maximum Gasteiger partial charge on any atom is 0.271 e. The number of hydrogen-bond acceptors (Lipinski definition) is 3. The molecule has 1 atom stereocenters. The van der Waals surface area contributed by atoms with E-state index in [9.17, 15) is 9.18 Å². The quantitative estimate of drug-likeness (QED) is 0.759. The fourth-order valence-corrected chi connectivity index (χ4v) is 3.15. The second kappa shape index (κ2) is 5.76. The first-order valence-corrected chi connectivity index (χ1v) is 7.80. The molecule has 2 aromatic heterocycles. The van der Waals surface area contributed by atoms with Crippen LogP contribution in [0.2, 0.25) is 0 Å². The number of rotatable bonds is 2. The summed E-state index contributed by atoms with van der Waals surface area (Å²) in [6.07, 6.45) is 1.73. The first-order chi connectivity index (χ1) is 11.6. The molecule has 6 nitrogen and oxygen atoms in total. The molecule has 1 fully saturated rings. The number of ether oxygens (including phenoxy) is 1. The molecule has 1 unspecified atom stereocenters. The van der Waals surface area contributed by atoms with Crippen molar-refractivity contribution in [1.29, 1.82) is 0 Å². The van der Waals surface area contributed by atoms with Gasteiger partial charge in [-0.2, -0.15) is 5.10 Å². The van der Waals surface area contributed by atoms with Crippen LogP contribution in [0.4, 0.5) is 4.39 Å². The Bertz CT molecular complexity index is 901. The van der Waals surface area contributed by atoms with Crippen molar-refractivity contribution < 1.29 is 13.9 Å². The van der Waals surface area contributed by atoms with Gasteiger partial charge >= 0.3 is 0 Å². The molecular formula is C17H17FN4O2. The van der Waals surface area contributed by atoms with Gasteiger partial charge in [0.2, 0.25) is 0 Å². The van der Waals surface area contributed by atoms with Crippen LogP contribution in [0, 0.1) is 12.7 Å². The molecule has 124 valence electrons. The summed E-state index contributed by atoms with van der Waals surface area (Å²) >= 11 is 0. The normalized spacial score (nSPS) is 18.2. The van der Waals surface area contributed by atoms with E-state index in [4.69, 9.17) is 4.74 Å². The van der Waals surface area contributed by atoms with Gasteiger partial charge in [0.25, 0.3) is 5.91 Å². The number of H-pyrrole nitrogens is 2. The van der Waals surface area contributed by atoms with Gasteiger partial charge in [-0.15, -0.1) is 0 Å². The monoisotopic (exact) mass is 328 g/mol. The van der Waals surface area contributed by atoms with E-state index in [0.29, 0.717) is 30.8 Å². The molecule has 0 saturated carbocycles. The van der Waals surface area contributed by atoms with Crippen molar-refractivity contribution in [3.63, 3.8) is 0 Å². The van der Waals surface area contributed by atoms with Crippen molar-refractivity contribution in [2.75, 3.05) is 19.8 Å². The van der Waals surface area contributed by atoms with Crippen LogP contribution < -0.4 is 0 Å². The van der Waals surface area contributed by atoms with E-state index in [-0.39, 0.29) is 17.8 Å². The summed E-state index contributed by atoms with van der Waals surface area (Å²) < 4.78 is 18.9. The summed E-state index contributed by atoms with van der Waals surface area (Å²) in [7, 11) is 0. The molecule has 0 bridgehead atoms. The van der Waals surface area contributed by atoms with Gasteiger partial charge < -0.3 is 14.6 Å². The first kappa shape index (κ1) is 14.9. The van der Waals surface area contributed by atoms with Crippen LogP contribution in [0.25, 0.3) is 10.9 Å². The Morgan fingerprint density at radius 1 is 1.42 bits per heavy atom. The number of nitrogens with one attached hydrogen (secondary N) is 2. The Hall–Kier alpha value is -2.67. The van der Waals surface area contributed by atoms with Crippen molar-refractivity contribution in [2.45, 2.75) is 13.0 Å². The topological polar surface area (TPSA) is 74.0 Å². The Balaban J connectivity index is 1.69. The number of hydrogen-bond donors (Lipinski definition) is 2. The van der Waals surface area contributed by atoms with Crippen molar-refractivity contribution in [3.8, 4) is 0 Å². The summed E-state index contributed by atoms with van der Waals surface area (Å²) in [6, 6.07) is 5.90. The van der Waals surface area contributed by atoms with Crippen molar-refractivity contribution in [3.05, 3.63) is 53.2 Å². The number of benzene rings is 1. The van der Waals surface area contributed by atoms with E-state index in [1.807, 2.05) is 6.92 Å². The van der Waals surface area contributed by atoms with Crippen LogP contribution in [-0.2, 0) is 4.74 Å². The highest BCUT2D eigenvalue weighted by atomic mass is 19.1. The molecular weight excluding hydrogens is 311 g/mol. The number of amides is 1. The SMILES string of the molecule is Cc1cn[nH]c1C1COCCN1C(=O)c1cc2cc(F)ccc2[nH]1. The molecule has 4 rings (SSSR count). The number of nitrogens with zero attached hydrogens (tertiary/aromatic N) is 2. The molecule has 1 amide bonds. The van der Waals surface area contributed by atoms with E-state index < -0.39 is 0 Å². The molecule has 1 aliphatic heterocycles. The minimum absolute atomic E-state index is 0.131. The van der Waals surface area contributed by atoms with Crippen molar-refractivity contribution in [1.82, 2.24) is 20.1 Å². The molecule has 0 radical (unpaired) electrons. The smallest absolute Gasteiger partial charge is 0.271 e. The molecule has 0 aliphatic carbocycles. The van der Waals surface area contributed by atoms with Crippen LogP contribution in [-0.4, -0.2) is 45.7 Å². The van der Waals surface area contributed by atoms with Crippen LogP contribution in [0.3, 0.4) is 0 Å². The lowest BCUT2D eigenvalue weighted by atomic mass is 10.1. The van der Waals surface area contributed by atoms with Crippen LogP contribution >= 0.6 is 0 Å². The molecule has 3 heterocycles. The van der Waals surface area contributed by atoms with E-state index >= 15 is 0 Å². The zero-order valence-electron chi connectivity index (χ0n) is 13.2. The lowest BCUT2D eigenvalue weighted by Crippen LogP contribution is -2.44. The summed E-state index contributed by atoms with van der Waals surface area (Å²) in [5.74, 6) is -0.452. The average molecular weight is 328 g/mol. The highest BCUT2D eigenvalue weighted by Crippen LogP contribution is 2.27. The average Bonchev–Trinajstić information content (AvgIpc) is 3.19. The number of aromatic amines is 2. The van der Waals surface area contributed by atoms with Crippen molar-refractivity contribution in [2.24, 2.45) is 0 Å². The minimum atomic E-state index is -0.321. The first-order valence-electron chi connectivity index (χ1n) is 7.80. The van der Waals surface area contributed by atoms with Gasteiger partial charge in [0, 0.05) is 17.4 Å². The molecule has 3 aromatic rings. The fraction of sp³-hybridized carbons (Fsp3) is 0.294. The predicted octanol–water partition coefficient (Wildman–Crippen LogP) is 2.55. The second-order valence-corrected chi connectivity index (χ2v) is 5.97. The Labute approximate surface area is 137 Å². The predicted molar refractivity (Wildman–Crippen MR) is 86.2 cm³/mol. The number of aromatic nitrogens is 3.